The smallest absolute Gasteiger partial charge is 0.872 e. The van der Waals surface area contributed by atoms with Crippen LogP contribution in [0.25, 0.3) is 21.5 Å². The molecule has 4 nitrogen and oxygen atoms in total. The van der Waals surface area contributed by atoms with Crippen LogP contribution in [-0.4, -0.2) is 11.2 Å². The molecule has 202 valence electrons. The summed E-state index contributed by atoms with van der Waals surface area (Å²) in [5.74, 6) is -0.816. The van der Waals surface area contributed by atoms with E-state index in [4.69, 9.17) is 4.99 Å². The van der Waals surface area contributed by atoms with Crippen molar-refractivity contribution >= 4 is 33.4 Å². The number of nitrogens with zero attached hydrogens (tertiary/aromatic N) is 2. The molecule has 5 heteroatoms. The fourth-order valence-electron chi connectivity index (χ4n) is 4.40. The van der Waals surface area contributed by atoms with E-state index in [9.17, 15) is 10.2 Å². The van der Waals surface area contributed by atoms with Gasteiger partial charge < -0.3 is 10.2 Å². The minimum Gasteiger partial charge on any atom is -0.872 e. The van der Waals surface area contributed by atoms with Crippen LogP contribution in [0.15, 0.2) is 96.1 Å². The van der Waals surface area contributed by atoms with Gasteiger partial charge in [0.15, 0.2) is 0 Å². The summed E-state index contributed by atoms with van der Waals surface area (Å²) in [6.07, 6.45) is 3.63. The fourth-order valence-corrected chi connectivity index (χ4v) is 4.40. The monoisotopic (exact) mass is 560 g/mol. The van der Waals surface area contributed by atoms with Gasteiger partial charge in [-0.25, -0.2) is 0 Å². The standard InChI is InChI=1S/C20H26N2.C14H10O2.Ni/c1-19(2,3)15-10-11-17(20(4,5)6)18(13-15)22-14-16-9-7-8-12-21-16;15-13-11-7-3-1-5-9(11)10-6-2-4-8-12(10)14(13)16;/h7-14H,1-6H3;1-8,15-16H;/q;;+2/p-2. The predicted octanol–water partition coefficient (Wildman–Crippen LogP) is 7.56. The molecule has 0 fully saturated rings. The van der Waals surface area contributed by atoms with E-state index in [1.54, 1.807) is 30.5 Å². The maximum Gasteiger partial charge on any atom is 2.00 e. The van der Waals surface area contributed by atoms with Gasteiger partial charge in [-0.3, -0.25) is 9.98 Å². The maximum absolute atomic E-state index is 11.8. The van der Waals surface area contributed by atoms with Crippen molar-refractivity contribution < 1.29 is 26.7 Å². The van der Waals surface area contributed by atoms with Gasteiger partial charge in [-0.1, -0.05) is 108 Å². The van der Waals surface area contributed by atoms with E-state index in [0.29, 0.717) is 10.8 Å². The van der Waals surface area contributed by atoms with Gasteiger partial charge in [-0.05, 0) is 61.7 Å². The second kappa shape index (κ2) is 12.0. The first-order valence-corrected chi connectivity index (χ1v) is 12.8. The van der Waals surface area contributed by atoms with Gasteiger partial charge in [0.05, 0.1) is 17.6 Å². The Morgan fingerprint density at radius 2 is 1.15 bits per heavy atom. The minimum atomic E-state index is -0.408. The SMILES string of the molecule is CC(C)(C)c1ccc(C(C)(C)C)c(N=Cc2ccccn2)c1.[Ni+2].[O-]c1c([O-])c2ccccc2c2ccccc12. The number of pyridine rings is 1. The Morgan fingerprint density at radius 3 is 1.62 bits per heavy atom. The second-order valence-corrected chi connectivity index (χ2v) is 11.5. The predicted molar refractivity (Wildman–Crippen MR) is 156 cm³/mol. The van der Waals surface area contributed by atoms with Crippen LogP contribution in [0.4, 0.5) is 5.69 Å². The third kappa shape index (κ3) is 6.85. The molecule has 0 aliphatic rings. The fraction of sp³-hybridized carbons (Fsp3) is 0.235. The molecule has 0 aliphatic heterocycles. The molecule has 1 aromatic heterocycles. The van der Waals surface area contributed by atoms with Gasteiger partial charge in [0, 0.05) is 6.20 Å². The number of hydrogen-bond donors (Lipinski definition) is 0. The molecule has 0 N–H and O–H groups in total. The first-order chi connectivity index (χ1) is 18.0. The van der Waals surface area contributed by atoms with Crippen LogP contribution in [0, 0.1) is 0 Å². The molecule has 0 saturated carbocycles. The van der Waals surface area contributed by atoms with Gasteiger partial charge in [-0.15, -0.1) is 11.5 Å². The molecule has 0 unspecified atom stereocenters. The number of rotatable bonds is 2. The van der Waals surface area contributed by atoms with E-state index >= 15 is 0 Å². The van der Waals surface area contributed by atoms with Crippen molar-refractivity contribution in [3.8, 4) is 11.5 Å². The van der Waals surface area contributed by atoms with Crippen molar-refractivity contribution in [1.82, 2.24) is 4.98 Å². The Labute approximate surface area is 241 Å². The Kier molecular flexibility index (Phi) is 9.20. The molecular formula is C34H34N2NiO2. The molecule has 5 aromatic rings. The largest absolute Gasteiger partial charge is 2.00 e. The first-order valence-electron chi connectivity index (χ1n) is 12.8. The number of hydrogen-bond acceptors (Lipinski definition) is 4. The van der Waals surface area contributed by atoms with E-state index in [2.05, 4.69) is 64.7 Å². The number of benzene rings is 4. The molecule has 0 radical (unpaired) electrons. The van der Waals surface area contributed by atoms with Crippen LogP contribution in [0.5, 0.6) is 11.5 Å². The molecule has 0 aliphatic carbocycles. The molecule has 0 amide bonds. The van der Waals surface area contributed by atoms with Crippen LogP contribution >= 0.6 is 0 Å². The third-order valence-corrected chi connectivity index (χ3v) is 6.54. The third-order valence-electron chi connectivity index (χ3n) is 6.54. The summed E-state index contributed by atoms with van der Waals surface area (Å²) in [6.45, 7) is 13.3. The van der Waals surface area contributed by atoms with E-state index < -0.39 is 11.5 Å². The van der Waals surface area contributed by atoms with E-state index in [1.807, 2.05) is 48.7 Å². The van der Waals surface area contributed by atoms with Crippen molar-refractivity contribution in [3.05, 3.63) is 108 Å². The van der Waals surface area contributed by atoms with Gasteiger partial charge in [0.1, 0.15) is 0 Å². The number of aliphatic imine (C=N–C) groups is 1. The Bertz CT molecular complexity index is 1540. The van der Waals surface area contributed by atoms with E-state index in [0.717, 1.165) is 22.2 Å². The normalized spacial score (nSPS) is 11.7. The zero-order chi connectivity index (χ0) is 27.5. The first kappa shape index (κ1) is 29.9. The quantitative estimate of drug-likeness (QED) is 0.127. The average molecular weight is 561 g/mol. The number of aromatic nitrogens is 1. The van der Waals surface area contributed by atoms with Crippen molar-refractivity contribution in [2.24, 2.45) is 4.99 Å². The summed E-state index contributed by atoms with van der Waals surface area (Å²) in [6, 6.07) is 26.9. The van der Waals surface area contributed by atoms with Gasteiger partial charge in [-0.2, -0.15) is 0 Å². The summed E-state index contributed by atoms with van der Waals surface area (Å²) >= 11 is 0. The molecule has 0 bridgehead atoms. The topological polar surface area (TPSA) is 71.4 Å². The molecule has 4 aromatic carbocycles. The Balaban J connectivity index is 0.000000219. The van der Waals surface area contributed by atoms with Crippen molar-refractivity contribution in [3.63, 3.8) is 0 Å². The van der Waals surface area contributed by atoms with Crippen LogP contribution < -0.4 is 10.2 Å². The molecule has 0 saturated heterocycles. The summed E-state index contributed by atoms with van der Waals surface area (Å²) < 4.78 is 0. The zero-order valence-corrected chi connectivity index (χ0v) is 24.3. The summed E-state index contributed by atoms with van der Waals surface area (Å²) in [5, 5.41) is 26.4. The average Bonchev–Trinajstić information content (AvgIpc) is 2.90. The molecule has 0 spiro atoms. The Morgan fingerprint density at radius 1 is 0.641 bits per heavy atom. The second-order valence-electron chi connectivity index (χ2n) is 11.5. The minimum absolute atomic E-state index is 0. The summed E-state index contributed by atoms with van der Waals surface area (Å²) in [4.78, 5) is 9.04. The van der Waals surface area contributed by atoms with Gasteiger partial charge >= 0.3 is 16.5 Å². The molecule has 0 atom stereocenters. The van der Waals surface area contributed by atoms with Crippen molar-refractivity contribution in [2.45, 2.75) is 52.4 Å². The molecule has 5 rings (SSSR count). The van der Waals surface area contributed by atoms with E-state index in [-0.39, 0.29) is 27.3 Å². The van der Waals surface area contributed by atoms with Crippen molar-refractivity contribution in [1.29, 1.82) is 0 Å². The summed E-state index contributed by atoms with van der Waals surface area (Å²) in [5.41, 5.74) is 4.65. The van der Waals surface area contributed by atoms with Crippen LogP contribution in [0.1, 0.15) is 58.4 Å². The van der Waals surface area contributed by atoms with Crippen LogP contribution in [0.3, 0.4) is 0 Å². The molecule has 1 heterocycles. The maximum atomic E-state index is 11.8. The van der Waals surface area contributed by atoms with Crippen LogP contribution in [-0.2, 0) is 27.3 Å². The van der Waals surface area contributed by atoms with Crippen LogP contribution in [0.2, 0.25) is 0 Å². The van der Waals surface area contributed by atoms with Crippen molar-refractivity contribution in [2.75, 3.05) is 0 Å². The van der Waals surface area contributed by atoms with Gasteiger partial charge in [0.25, 0.3) is 0 Å². The molecule has 39 heavy (non-hydrogen) atoms. The summed E-state index contributed by atoms with van der Waals surface area (Å²) in [7, 11) is 0. The zero-order valence-electron chi connectivity index (χ0n) is 23.3. The number of fused-ring (bicyclic) bond motifs is 3. The van der Waals surface area contributed by atoms with E-state index in [1.165, 1.54) is 11.1 Å². The van der Waals surface area contributed by atoms with Gasteiger partial charge in [0.2, 0.25) is 0 Å². The Hall–Kier alpha value is -3.69. The molecular weight excluding hydrogens is 527 g/mol.